The number of rotatable bonds is 7. The minimum absolute atomic E-state index is 0. The van der Waals surface area contributed by atoms with Gasteiger partial charge in [0.05, 0.1) is 6.33 Å². The minimum atomic E-state index is -0.303. The smallest absolute Gasteiger partial charge is 0.244 e. The average Bonchev–Trinajstić information content (AvgIpc) is 2.85. The SMILES string of the molecule is Br.CCCC(=C(C)C(N)=O)C(CC)Cn1ccnc1. The molecular formula is C14H24BrN3O. The van der Waals surface area contributed by atoms with Crippen LogP contribution in [0.5, 0.6) is 0 Å². The molecule has 1 aromatic rings. The van der Waals surface area contributed by atoms with E-state index in [1.165, 1.54) is 5.57 Å². The van der Waals surface area contributed by atoms with Crippen molar-refractivity contribution in [1.82, 2.24) is 9.55 Å². The predicted octanol–water partition coefficient (Wildman–Crippen LogP) is 3.09. The van der Waals surface area contributed by atoms with Gasteiger partial charge in [-0.1, -0.05) is 25.8 Å². The highest BCUT2D eigenvalue weighted by molar-refractivity contribution is 8.93. The first-order valence-corrected chi connectivity index (χ1v) is 6.55. The Morgan fingerprint density at radius 1 is 1.42 bits per heavy atom. The third kappa shape index (κ3) is 5.19. The molecule has 2 N–H and O–H groups in total. The lowest BCUT2D eigenvalue weighted by atomic mass is 9.88. The fourth-order valence-corrected chi connectivity index (χ4v) is 2.26. The molecule has 0 aliphatic carbocycles. The molecule has 4 nitrogen and oxygen atoms in total. The number of imidazole rings is 1. The van der Waals surface area contributed by atoms with Gasteiger partial charge in [0, 0.05) is 24.5 Å². The lowest BCUT2D eigenvalue weighted by Crippen LogP contribution is -2.19. The number of primary amides is 1. The molecule has 1 heterocycles. The van der Waals surface area contributed by atoms with E-state index in [1.807, 2.05) is 19.4 Å². The van der Waals surface area contributed by atoms with Gasteiger partial charge in [-0.25, -0.2) is 4.98 Å². The molecule has 0 aliphatic heterocycles. The Kier molecular flexibility index (Phi) is 8.39. The summed E-state index contributed by atoms with van der Waals surface area (Å²) in [5.74, 6) is 0.0502. The Labute approximate surface area is 125 Å². The Bertz CT molecular complexity index is 412. The Morgan fingerprint density at radius 2 is 2.11 bits per heavy atom. The lowest BCUT2D eigenvalue weighted by molar-refractivity contribution is -0.114. The van der Waals surface area contributed by atoms with Gasteiger partial charge in [0.1, 0.15) is 0 Å². The van der Waals surface area contributed by atoms with E-state index in [2.05, 4.69) is 23.4 Å². The average molecular weight is 330 g/mol. The van der Waals surface area contributed by atoms with E-state index >= 15 is 0 Å². The number of hydrogen-bond acceptors (Lipinski definition) is 2. The van der Waals surface area contributed by atoms with Gasteiger partial charge in [-0.2, -0.15) is 0 Å². The molecule has 0 aromatic carbocycles. The van der Waals surface area contributed by atoms with Crippen LogP contribution in [0.15, 0.2) is 29.9 Å². The summed E-state index contributed by atoms with van der Waals surface area (Å²) in [5.41, 5.74) is 7.34. The molecule has 0 spiro atoms. The van der Waals surface area contributed by atoms with Gasteiger partial charge in [-0.3, -0.25) is 4.79 Å². The molecule has 1 unspecified atom stereocenters. The van der Waals surface area contributed by atoms with E-state index in [0.717, 1.165) is 31.4 Å². The zero-order valence-electron chi connectivity index (χ0n) is 11.9. The summed E-state index contributed by atoms with van der Waals surface area (Å²) in [4.78, 5) is 15.4. The highest BCUT2D eigenvalue weighted by atomic mass is 79.9. The van der Waals surface area contributed by atoms with Crippen molar-refractivity contribution in [3.63, 3.8) is 0 Å². The third-order valence-electron chi connectivity index (χ3n) is 3.35. The number of nitrogens with two attached hydrogens (primary N) is 1. The third-order valence-corrected chi connectivity index (χ3v) is 3.35. The number of nitrogens with zero attached hydrogens (tertiary/aromatic N) is 2. The van der Waals surface area contributed by atoms with Crippen molar-refractivity contribution in [3.05, 3.63) is 29.9 Å². The summed E-state index contributed by atoms with van der Waals surface area (Å²) in [5, 5.41) is 0. The summed E-state index contributed by atoms with van der Waals surface area (Å²) in [6.45, 7) is 6.96. The van der Waals surface area contributed by atoms with Crippen molar-refractivity contribution in [2.45, 2.75) is 46.6 Å². The standard InChI is InChI=1S/C14H23N3O.BrH/c1-4-6-13(11(3)14(15)18)12(5-2)9-17-8-7-16-10-17;/h7-8,10,12H,4-6,9H2,1-3H3,(H2,15,18);1H. The second-order valence-corrected chi connectivity index (χ2v) is 4.63. The highest BCUT2D eigenvalue weighted by Crippen LogP contribution is 2.25. The van der Waals surface area contributed by atoms with Gasteiger partial charge in [0.2, 0.25) is 5.91 Å². The van der Waals surface area contributed by atoms with Crippen LogP contribution in [0, 0.1) is 5.92 Å². The fourth-order valence-electron chi connectivity index (χ4n) is 2.26. The first-order valence-electron chi connectivity index (χ1n) is 6.55. The van der Waals surface area contributed by atoms with Crippen LogP contribution >= 0.6 is 17.0 Å². The van der Waals surface area contributed by atoms with Crippen molar-refractivity contribution in [2.75, 3.05) is 0 Å². The maximum Gasteiger partial charge on any atom is 0.244 e. The summed E-state index contributed by atoms with van der Waals surface area (Å²) in [6, 6.07) is 0. The molecule has 0 saturated heterocycles. The van der Waals surface area contributed by atoms with Crippen molar-refractivity contribution >= 4 is 22.9 Å². The van der Waals surface area contributed by atoms with Gasteiger partial charge in [-0.15, -0.1) is 17.0 Å². The molecule has 0 fully saturated rings. The lowest BCUT2D eigenvalue weighted by Gasteiger charge is -2.21. The zero-order valence-corrected chi connectivity index (χ0v) is 13.6. The van der Waals surface area contributed by atoms with E-state index in [1.54, 1.807) is 6.20 Å². The summed E-state index contributed by atoms with van der Waals surface area (Å²) in [7, 11) is 0. The molecule has 0 radical (unpaired) electrons. The Morgan fingerprint density at radius 3 is 2.53 bits per heavy atom. The largest absolute Gasteiger partial charge is 0.366 e. The Balaban J connectivity index is 0.00000324. The number of carbonyl (C=O) groups is 1. The van der Waals surface area contributed by atoms with Crippen LogP contribution in [0.1, 0.15) is 40.0 Å². The van der Waals surface area contributed by atoms with Crippen LogP contribution in [0.25, 0.3) is 0 Å². The maximum absolute atomic E-state index is 11.4. The molecule has 5 heteroatoms. The van der Waals surface area contributed by atoms with E-state index in [0.29, 0.717) is 5.92 Å². The molecule has 1 atom stereocenters. The van der Waals surface area contributed by atoms with Crippen LogP contribution in [0.2, 0.25) is 0 Å². The van der Waals surface area contributed by atoms with Gasteiger partial charge in [0.25, 0.3) is 0 Å². The number of aromatic nitrogens is 2. The van der Waals surface area contributed by atoms with Gasteiger partial charge < -0.3 is 10.3 Å². The number of amides is 1. The molecule has 0 saturated carbocycles. The van der Waals surface area contributed by atoms with E-state index in [9.17, 15) is 4.79 Å². The number of hydrogen-bond donors (Lipinski definition) is 1. The minimum Gasteiger partial charge on any atom is -0.366 e. The van der Waals surface area contributed by atoms with Crippen molar-refractivity contribution < 1.29 is 4.79 Å². The van der Waals surface area contributed by atoms with Gasteiger partial charge >= 0.3 is 0 Å². The predicted molar refractivity (Wildman–Crippen MR) is 83.1 cm³/mol. The second kappa shape index (κ2) is 8.91. The normalized spacial score (nSPS) is 13.4. The van der Waals surface area contributed by atoms with Crippen LogP contribution in [-0.2, 0) is 11.3 Å². The van der Waals surface area contributed by atoms with Gasteiger partial charge in [0.15, 0.2) is 0 Å². The van der Waals surface area contributed by atoms with E-state index in [-0.39, 0.29) is 22.9 Å². The summed E-state index contributed by atoms with van der Waals surface area (Å²) < 4.78 is 2.05. The van der Waals surface area contributed by atoms with E-state index < -0.39 is 0 Å². The van der Waals surface area contributed by atoms with Crippen LogP contribution in [-0.4, -0.2) is 15.5 Å². The number of halogens is 1. The molecule has 1 rings (SSSR count). The van der Waals surface area contributed by atoms with E-state index in [4.69, 9.17) is 5.73 Å². The first-order chi connectivity index (χ1) is 8.60. The molecule has 1 amide bonds. The van der Waals surface area contributed by atoms with Gasteiger partial charge in [-0.05, 0) is 25.7 Å². The number of allylic oxidation sites excluding steroid dienone is 1. The van der Waals surface area contributed by atoms with Crippen molar-refractivity contribution in [3.8, 4) is 0 Å². The molecule has 0 aliphatic rings. The first kappa shape index (κ1) is 17.9. The highest BCUT2D eigenvalue weighted by Gasteiger charge is 2.17. The second-order valence-electron chi connectivity index (χ2n) is 4.63. The maximum atomic E-state index is 11.4. The molecule has 0 bridgehead atoms. The zero-order chi connectivity index (χ0) is 13.5. The van der Waals surface area contributed by atoms with Crippen molar-refractivity contribution in [2.24, 2.45) is 11.7 Å². The fraction of sp³-hybridized carbons (Fsp3) is 0.571. The molecule has 108 valence electrons. The van der Waals surface area contributed by atoms with Crippen LogP contribution < -0.4 is 5.73 Å². The van der Waals surface area contributed by atoms with Crippen LogP contribution in [0.4, 0.5) is 0 Å². The summed E-state index contributed by atoms with van der Waals surface area (Å²) >= 11 is 0. The molecular weight excluding hydrogens is 306 g/mol. The topological polar surface area (TPSA) is 60.9 Å². The molecule has 19 heavy (non-hydrogen) atoms. The molecule has 1 aromatic heterocycles. The van der Waals surface area contributed by atoms with Crippen molar-refractivity contribution in [1.29, 1.82) is 0 Å². The number of carbonyl (C=O) groups excluding carboxylic acids is 1. The Hall–Kier alpha value is -1.10. The monoisotopic (exact) mass is 329 g/mol. The quantitative estimate of drug-likeness (QED) is 0.781. The summed E-state index contributed by atoms with van der Waals surface area (Å²) in [6.07, 6.45) is 8.50. The van der Waals surface area contributed by atoms with Crippen LogP contribution in [0.3, 0.4) is 0 Å².